The molecule has 5 nitrogen and oxygen atoms in total. The van der Waals surface area contributed by atoms with Gasteiger partial charge in [-0.3, -0.25) is 9.98 Å². The van der Waals surface area contributed by atoms with Crippen molar-refractivity contribution in [2.45, 2.75) is 12.8 Å². The van der Waals surface area contributed by atoms with Crippen LogP contribution in [0.2, 0.25) is 0 Å². The Morgan fingerprint density at radius 3 is 1.30 bits per heavy atom. The number of hydrogen-bond donors (Lipinski definition) is 3. The van der Waals surface area contributed by atoms with E-state index in [0.717, 1.165) is 59.6 Å². The third kappa shape index (κ3) is 7.38. The van der Waals surface area contributed by atoms with E-state index in [1.807, 2.05) is 97.1 Å². The van der Waals surface area contributed by atoms with Gasteiger partial charge in [0.25, 0.3) is 0 Å². The van der Waals surface area contributed by atoms with Crippen molar-refractivity contribution in [2.24, 2.45) is 9.98 Å². The first kappa shape index (κ1) is 25.9. The predicted octanol–water partition coefficient (Wildman–Crippen LogP) is 5.84. The Morgan fingerprint density at radius 1 is 0.514 bits per heavy atom. The zero-order valence-corrected chi connectivity index (χ0v) is 20.9. The van der Waals surface area contributed by atoms with Gasteiger partial charge in [-0.15, -0.1) is 0 Å². The molecule has 37 heavy (non-hydrogen) atoms. The molecule has 0 aromatic heterocycles. The summed E-state index contributed by atoms with van der Waals surface area (Å²) in [5.41, 5.74) is 5.11. The zero-order chi connectivity index (χ0) is 25.7. The molecule has 0 radical (unpaired) electrons. The van der Waals surface area contributed by atoms with Gasteiger partial charge >= 0.3 is 0 Å². The van der Waals surface area contributed by atoms with E-state index in [1.165, 1.54) is 0 Å². The standard InChI is InChI=1S/C32H33N3O2/c36-29-19-9-7-17-27(29)31(25-13-3-1-4-14-25)34-23-11-21-33-22-12-24-35-32(26-15-5-2-6-16-26)28-18-8-10-20-30(28)37/h1-10,13-20,33,36-37H,11-12,21-24H2. The van der Waals surface area contributed by atoms with Crippen molar-refractivity contribution in [2.75, 3.05) is 26.2 Å². The molecule has 0 amide bonds. The highest BCUT2D eigenvalue weighted by atomic mass is 16.3. The van der Waals surface area contributed by atoms with Crippen LogP contribution in [0.1, 0.15) is 35.1 Å². The molecule has 0 fully saturated rings. The number of benzene rings is 4. The van der Waals surface area contributed by atoms with Crippen LogP contribution in [-0.2, 0) is 0 Å². The molecule has 0 saturated heterocycles. The summed E-state index contributed by atoms with van der Waals surface area (Å²) in [6.45, 7) is 3.02. The molecule has 0 aliphatic carbocycles. The second kappa shape index (κ2) is 13.8. The number of aromatic hydroxyl groups is 2. The summed E-state index contributed by atoms with van der Waals surface area (Å²) >= 11 is 0. The molecule has 4 rings (SSSR count). The number of aliphatic imine (C=N–C) groups is 2. The summed E-state index contributed by atoms with van der Waals surface area (Å²) < 4.78 is 0. The lowest BCUT2D eigenvalue weighted by atomic mass is 10.0. The van der Waals surface area contributed by atoms with Crippen LogP contribution in [0.15, 0.2) is 119 Å². The number of rotatable bonds is 12. The maximum Gasteiger partial charge on any atom is 0.124 e. The maximum absolute atomic E-state index is 10.3. The van der Waals surface area contributed by atoms with Crippen LogP contribution in [0.5, 0.6) is 11.5 Å². The molecule has 3 N–H and O–H groups in total. The van der Waals surface area contributed by atoms with Crippen LogP contribution in [-0.4, -0.2) is 47.8 Å². The summed E-state index contributed by atoms with van der Waals surface area (Å²) in [4.78, 5) is 9.66. The Hall–Kier alpha value is -4.22. The lowest BCUT2D eigenvalue weighted by molar-refractivity contribution is 0.473. The third-order valence-electron chi connectivity index (χ3n) is 5.98. The minimum atomic E-state index is 0.238. The first-order chi connectivity index (χ1) is 18.2. The summed E-state index contributed by atoms with van der Waals surface area (Å²) in [7, 11) is 0. The second-order valence-electron chi connectivity index (χ2n) is 8.68. The fourth-order valence-corrected chi connectivity index (χ4v) is 4.12. The van der Waals surface area contributed by atoms with E-state index in [2.05, 4.69) is 5.32 Å². The lowest BCUT2D eigenvalue weighted by Gasteiger charge is -2.10. The molecule has 0 aliphatic rings. The predicted molar refractivity (Wildman–Crippen MR) is 152 cm³/mol. The van der Waals surface area contributed by atoms with Crippen molar-refractivity contribution in [1.29, 1.82) is 0 Å². The molecule has 0 atom stereocenters. The summed E-state index contributed by atoms with van der Waals surface area (Å²) in [6, 6.07) is 34.6. The molecule has 0 spiro atoms. The molecule has 5 heteroatoms. The van der Waals surface area contributed by atoms with Gasteiger partial charge in [0.05, 0.1) is 11.4 Å². The van der Waals surface area contributed by atoms with Gasteiger partial charge in [-0.1, -0.05) is 84.9 Å². The average molecular weight is 492 g/mol. The van der Waals surface area contributed by atoms with Gasteiger partial charge in [0, 0.05) is 35.3 Å². The van der Waals surface area contributed by atoms with E-state index >= 15 is 0 Å². The number of phenolic OH excluding ortho intramolecular Hbond substituents is 2. The molecule has 0 heterocycles. The van der Waals surface area contributed by atoms with Crippen LogP contribution in [0.4, 0.5) is 0 Å². The molecular weight excluding hydrogens is 458 g/mol. The van der Waals surface area contributed by atoms with Crippen LogP contribution >= 0.6 is 0 Å². The fourth-order valence-electron chi connectivity index (χ4n) is 4.12. The highest BCUT2D eigenvalue weighted by Crippen LogP contribution is 2.22. The Bertz CT molecular complexity index is 1220. The van der Waals surface area contributed by atoms with Gasteiger partial charge in [0.1, 0.15) is 11.5 Å². The Balaban J connectivity index is 1.28. The van der Waals surface area contributed by atoms with Crippen LogP contribution in [0, 0.1) is 0 Å². The van der Waals surface area contributed by atoms with Gasteiger partial charge in [0.2, 0.25) is 0 Å². The van der Waals surface area contributed by atoms with E-state index in [9.17, 15) is 10.2 Å². The van der Waals surface area contributed by atoms with E-state index in [0.29, 0.717) is 13.1 Å². The highest BCUT2D eigenvalue weighted by Gasteiger charge is 2.11. The number of para-hydroxylation sites is 2. The van der Waals surface area contributed by atoms with E-state index in [-0.39, 0.29) is 11.5 Å². The minimum Gasteiger partial charge on any atom is -0.507 e. The van der Waals surface area contributed by atoms with Gasteiger partial charge in [-0.05, 0) is 50.2 Å². The largest absolute Gasteiger partial charge is 0.507 e. The number of phenols is 2. The van der Waals surface area contributed by atoms with Crippen molar-refractivity contribution in [3.05, 3.63) is 131 Å². The molecule has 0 aliphatic heterocycles. The van der Waals surface area contributed by atoms with Crippen molar-refractivity contribution in [3.8, 4) is 11.5 Å². The first-order valence-corrected chi connectivity index (χ1v) is 12.7. The summed E-state index contributed by atoms with van der Waals surface area (Å²) in [5.74, 6) is 0.477. The molecular formula is C32H33N3O2. The first-order valence-electron chi connectivity index (χ1n) is 12.7. The van der Waals surface area contributed by atoms with E-state index in [1.54, 1.807) is 12.1 Å². The quantitative estimate of drug-likeness (QED) is 0.172. The Labute approximate surface area is 218 Å². The summed E-state index contributed by atoms with van der Waals surface area (Å²) in [5, 5.41) is 24.2. The number of nitrogens with one attached hydrogen (secondary N) is 1. The molecule has 0 unspecified atom stereocenters. The van der Waals surface area contributed by atoms with Gasteiger partial charge in [-0.2, -0.15) is 0 Å². The number of hydrogen-bond acceptors (Lipinski definition) is 5. The fraction of sp³-hybridized carbons (Fsp3) is 0.188. The SMILES string of the molecule is Oc1ccccc1C(=NCCCNCCCN=C(c1ccccc1)c1ccccc1O)c1ccccc1. The Morgan fingerprint density at radius 2 is 0.892 bits per heavy atom. The molecule has 0 bridgehead atoms. The van der Waals surface area contributed by atoms with Crippen molar-refractivity contribution >= 4 is 11.4 Å². The lowest BCUT2D eigenvalue weighted by Crippen LogP contribution is -2.18. The van der Waals surface area contributed by atoms with Crippen molar-refractivity contribution in [1.82, 2.24) is 5.32 Å². The van der Waals surface area contributed by atoms with Gasteiger partial charge < -0.3 is 15.5 Å². The monoisotopic (exact) mass is 491 g/mol. The van der Waals surface area contributed by atoms with Gasteiger partial charge in [-0.25, -0.2) is 0 Å². The van der Waals surface area contributed by atoms with Crippen LogP contribution < -0.4 is 5.32 Å². The summed E-state index contributed by atoms with van der Waals surface area (Å²) in [6.07, 6.45) is 1.78. The van der Waals surface area contributed by atoms with Gasteiger partial charge in [0.15, 0.2) is 0 Å². The minimum absolute atomic E-state index is 0.238. The van der Waals surface area contributed by atoms with E-state index in [4.69, 9.17) is 9.98 Å². The molecule has 4 aromatic carbocycles. The molecule has 188 valence electrons. The maximum atomic E-state index is 10.3. The smallest absolute Gasteiger partial charge is 0.124 e. The van der Waals surface area contributed by atoms with Crippen LogP contribution in [0.3, 0.4) is 0 Å². The average Bonchev–Trinajstić information content (AvgIpc) is 2.94. The normalized spacial score (nSPS) is 12.0. The topological polar surface area (TPSA) is 77.2 Å². The van der Waals surface area contributed by atoms with Crippen molar-refractivity contribution < 1.29 is 10.2 Å². The van der Waals surface area contributed by atoms with Crippen molar-refractivity contribution in [3.63, 3.8) is 0 Å². The Kier molecular flexibility index (Phi) is 9.62. The number of nitrogens with zero attached hydrogens (tertiary/aromatic N) is 2. The second-order valence-corrected chi connectivity index (χ2v) is 8.68. The highest BCUT2D eigenvalue weighted by molar-refractivity contribution is 6.15. The molecule has 0 saturated carbocycles. The third-order valence-corrected chi connectivity index (χ3v) is 5.98. The zero-order valence-electron chi connectivity index (χ0n) is 20.9. The van der Waals surface area contributed by atoms with E-state index < -0.39 is 0 Å². The molecule has 4 aromatic rings. The van der Waals surface area contributed by atoms with Crippen LogP contribution in [0.25, 0.3) is 0 Å².